The van der Waals surface area contributed by atoms with Gasteiger partial charge in [-0.3, -0.25) is 9.59 Å². The van der Waals surface area contributed by atoms with Gasteiger partial charge in [0, 0.05) is 25.9 Å². The van der Waals surface area contributed by atoms with Crippen molar-refractivity contribution in [1.82, 2.24) is 4.90 Å². The number of carbonyl (C=O) groups excluding carboxylic acids is 2. The van der Waals surface area contributed by atoms with E-state index in [9.17, 15) is 18.4 Å². The van der Waals surface area contributed by atoms with Crippen molar-refractivity contribution >= 4 is 17.5 Å². The topological polar surface area (TPSA) is 59.1 Å². The fourth-order valence-electron chi connectivity index (χ4n) is 3.32. The van der Waals surface area contributed by atoms with E-state index in [0.29, 0.717) is 5.69 Å². The van der Waals surface area contributed by atoms with Gasteiger partial charge in [0.15, 0.2) is 0 Å². The Morgan fingerprint density at radius 1 is 1.24 bits per heavy atom. The lowest BCUT2D eigenvalue weighted by molar-refractivity contribution is -0.292. The maximum atomic E-state index is 14.2. The molecule has 1 aromatic carbocycles. The molecule has 0 radical (unpaired) electrons. The van der Waals surface area contributed by atoms with Gasteiger partial charge in [0.25, 0.3) is 0 Å². The summed E-state index contributed by atoms with van der Waals surface area (Å²) in [5, 5.41) is 0. The van der Waals surface area contributed by atoms with Gasteiger partial charge in [0.1, 0.15) is 6.61 Å². The third kappa shape index (κ3) is 3.50. The molecule has 0 aliphatic carbocycles. The van der Waals surface area contributed by atoms with Crippen LogP contribution in [-0.2, 0) is 19.1 Å². The number of hydrogen-bond acceptors (Lipinski definition) is 4. The van der Waals surface area contributed by atoms with E-state index in [2.05, 4.69) is 0 Å². The second kappa shape index (κ2) is 6.68. The highest BCUT2D eigenvalue weighted by molar-refractivity contribution is 5.98. The van der Waals surface area contributed by atoms with Gasteiger partial charge in [-0.15, -0.1) is 0 Å². The Hall–Kier alpha value is -2.06. The number of halogens is 2. The Morgan fingerprint density at radius 3 is 2.48 bits per heavy atom. The van der Waals surface area contributed by atoms with E-state index in [1.807, 2.05) is 0 Å². The van der Waals surface area contributed by atoms with Gasteiger partial charge in [-0.1, -0.05) is 18.2 Å². The lowest BCUT2D eigenvalue weighted by Crippen LogP contribution is -2.65. The molecule has 1 spiro atoms. The van der Waals surface area contributed by atoms with Gasteiger partial charge in [0.2, 0.25) is 5.91 Å². The fraction of sp³-hybridized carbons (Fsp3) is 0.529. The van der Waals surface area contributed by atoms with E-state index in [1.54, 1.807) is 35.2 Å². The third-order valence-corrected chi connectivity index (χ3v) is 4.65. The van der Waals surface area contributed by atoms with Crippen molar-refractivity contribution in [3.05, 3.63) is 30.3 Å². The molecular formula is C17H20F2N2O4. The summed E-state index contributed by atoms with van der Waals surface area (Å²) < 4.78 is 38.2. The Kier molecular flexibility index (Phi) is 4.75. The molecule has 3 rings (SSSR count). The van der Waals surface area contributed by atoms with Gasteiger partial charge in [0.05, 0.1) is 12.1 Å². The summed E-state index contributed by atoms with van der Waals surface area (Å²) in [5.41, 5.74) is -0.760. The SMILES string of the molecule is COCC(=O)N1CCC2(CC1)CN(c1ccccc1)C(=O)C(F)(F)O2. The van der Waals surface area contributed by atoms with Crippen LogP contribution in [-0.4, -0.2) is 61.8 Å². The molecule has 0 atom stereocenters. The van der Waals surface area contributed by atoms with Gasteiger partial charge in [-0.05, 0) is 25.0 Å². The number of ether oxygens (including phenoxy) is 2. The largest absolute Gasteiger partial charge is 0.437 e. The lowest BCUT2D eigenvalue weighted by atomic mass is 9.88. The van der Waals surface area contributed by atoms with E-state index in [1.165, 1.54) is 7.11 Å². The first kappa shape index (κ1) is 17.8. The van der Waals surface area contributed by atoms with E-state index >= 15 is 0 Å². The average molecular weight is 354 g/mol. The van der Waals surface area contributed by atoms with Crippen molar-refractivity contribution in [2.24, 2.45) is 0 Å². The second-order valence-corrected chi connectivity index (χ2v) is 6.34. The second-order valence-electron chi connectivity index (χ2n) is 6.34. The number of benzene rings is 1. The minimum Gasteiger partial charge on any atom is -0.375 e. The molecular weight excluding hydrogens is 334 g/mol. The number of morpholine rings is 1. The first-order chi connectivity index (χ1) is 11.9. The summed E-state index contributed by atoms with van der Waals surface area (Å²) >= 11 is 0. The van der Waals surface area contributed by atoms with Crippen LogP contribution in [0.2, 0.25) is 0 Å². The van der Waals surface area contributed by atoms with Crippen molar-refractivity contribution in [2.75, 3.05) is 38.3 Å². The van der Waals surface area contributed by atoms with Crippen LogP contribution in [0.5, 0.6) is 0 Å². The fourth-order valence-corrected chi connectivity index (χ4v) is 3.32. The number of hydrogen-bond donors (Lipinski definition) is 0. The van der Waals surface area contributed by atoms with Gasteiger partial charge in [-0.2, -0.15) is 8.78 Å². The van der Waals surface area contributed by atoms with E-state index in [4.69, 9.17) is 9.47 Å². The molecule has 1 aromatic rings. The van der Waals surface area contributed by atoms with Crippen LogP contribution >= 0.6 is 0 Å². The minimum atomic E-state index is -3.88. The number of amides is 2. The van der Waals surface area contributed by atoms with Gasteiger partial charge in [-0.25, -0.2) is 0 Å². The van der Waals surface area contributed by atoms with Crippen LogP contribution in [0, 0.1) is 0 Å². The van der Waals surface area contributed by atoms with Crippen LogP contribution in [0.25, 0.3) is 0 Å². The number of carbonyl (C=O) groups is 2. The molecule has 6 nitrogen and oxygen atoms in total. The number of rotatable bonds is 3. The number of alkyl halides is 2. The van der Waals surface area contributed by atoms with Crippen molar-refractivity contribution in [3.8, 4) is 0 Å². The number of para-hydroxylation sites is 1. The van der Waals surface area contributed by atoms with E-state index in [-0.39, 0.29) is 45.0 Å². The van der Waals surface area contributed by atoms with Crippen LogP contribution in [0.15, 0.2) is 30.3 Å². The number of methoxy groups -OCH3 is 1. The van der Waals surface area contributed by atoms with Gasteiger partial charge >= 0.3 is 12.0 Å². The highest BCUT2D eigenvalue weighted by Crippen LogP contribution is 2.40. The van der Waals surface area contributed by atoms with Crippen molar-refractivity contribution in [3.63, 3.8) is 0 Å². The van der Waals surface area contributed by atoms with Crippen LogP contribution in [0.3, 0.4) is 0 Å². The molecule has 2 saturated heterocycles. The molecule has 2 fully saturated rings. The average Bonchev–Trinajstić information content (AvgIpc) is 2.59. The zero-order valence-electron chi connectivity index (χ0n) is 13.9. The summed E-state index contributed by atoms with van der Waals surface area (Å²) in [7, 11) is 1.43. The summed E-state index contributed by atoms with van der Waals surface area (Å²) in [4.78, 5) is 26.6. The normalized spacial score (nSPS) is 22.3. The van der Waals surface area contributed by atoms with Crippen LogP contribution < -0.4 is 4.90 Å². The standard InChI is InChI=1S/C17H20F2N2O4/c1-24-11-14(22)20-9-7-16(8-10-20)12-21(13-5-3-2-4-6-13)15(23)17(18,19)25-16/h2-6H,7-12H2,1H3. The van der Waals surface area contributed by atoms with Crippen LogP contribution in [0.4, 0.5) is 14.5 Å². The lowest BCUT2D eigenvalue weighted by Gasteiger charge is -2.48. The number of anilines is 1. The highest BCUT2D eigenvalue weighted by atomic mass is 19.3. The molecule has 0 N–H and O–H groups in total. The van der Waals surface area contributed by atoms with E-state index < -0.39 is 17.6 Å². The van der Waals surface area contributed by atoms with Crippen LogP contribution in [0.1, 0.15) is 12.8 Å². The third-order valence-electron chi connectivity index (χ3n) is 4.65. The molecule has 0 bridgehead atoms. The first-order valence-corrected chi connectivity index (χ1v) is 8.09. The zero-order valence-corrected chi connectivity index (χ0v) is 13.9. The molecule has 2 aliphatic heterocycles. The smallest absolute Gasteiger partial charge is 0.375 e. The molecule has 0 saturated carbocycles. The molecule has 0 aromatic heterocycles. The molecule has 8 heteroatoms. The summed E-state index contributed by atoms with van der Waals surface area (Å²) in [6.07, 6.45) is -3.42. The Labute approximate surface area is 144 Å². The van der Waals surface area contributed by atoms with Crippen molar-refractivity contribution in [2.45, 2.75) is 24.6 Å². The molecule has 2 amide bonds. The number of piperidine rings is 1. The van der Waals surface area contributed by atoms with Crippen molar-refractivity contribution in [1.29, 1.82) is 0 Å². The maximum Gasteiger partial charge on any atom is 0.437 e. The maximum absolute atomic E-state index is 14.2. The Morgan fingerprint density at radius 2 is 1.88 bits per heavy atom. The molecule has 2 aliphatic rings. The van der Waals surface area contributed by atoms with E-state index in [0.717, 1.165) is 4.90 Å². The summed E-state index contributed by atoms with van der Waals surface area (Å²) in [5.74, 6) is -1.54. The number of nitrogens with zero attached hydrogens (tertiary/aromatic N) is 2. The monoisotopic (exact) mass is 354 g/mol. The molecule has 0 unspecified atom stereocenters. The highest BCUT2D eigenvalue weighted by Gasteiger charge is 2.57. The van der Waals surface area contributed by atoms with Crippen molar-refractivity contribution < 1.29 is 27.8 Å². The predicted octanol–water partition coefficient (Wildman–Crippen LogP) is 1.65. The molecule has 136 valence electrons. The quantitative estimate of drug-likeness (QED) is 0.828. The Balaban J connectivity index is 1.79. The molecule has 2 heterocycles. The Bertz CT molecular complexity index is 645. The van der Waals surface area contributed by atoms with Gasteiger partial charge < -0.3 is 19.3 Å². The predicted molar refractivity (Wildman–Crippen MR) is 85.2 cm³/mol. The summed E-state index contributed by atoms with van der Waals surface area (Å²) in [6.45, 7) is 0.570. The summed E-state index contributed by atoms with van der Waals surface area (Å²) in [6, 6.07) is 8.36. The first-order valence-electron chi connectivity index (χ1n) is 8.09. The zero-order chi connectivity index (χ0) is 18.1. The molecule has 25 heavy (non-hydrogen) atoms. The number of likely N-dealkylation sites (tertiary alicyclic amines) is 1. The minimum absolute atomic E-state index is 0.0394.